The zero-order chi connectivity index (χ0) is 22.1. The van der Waals surface area contributed by atoms with Crippen LogP contribution in [0.2, 0.25) is 0 Å². The van der Waals surface area contributed by atoms with Gasteiger partial charge in [0.15, 0.2) is 5.82 Å². The zero-order valence-electron chi connectivity index (χ0n) is 19.2. The minimum absolute atomic E-state index is 0.195. The Hall–Kier alpha value is -1.74. The molecule has 8 nitrogen and oxygen atoms in total. The molecule has 0 unspecified atom stereocenters. The lowest BCUT2D eigenvalue weighted by atomic mass is 10.0. The first kappa shape index (κ1) is 23.9. The molecule has 1 aliphatic heterocycles. The number of hydrogen-bond acceptors (Lipinski definition) is 7. The van der Waals surface area contributed by atoms with Crippen molar-refractivity contribution in [3.63, 3.8) is 0 Å². The van der Waals surface area contributed by atoms with Crippen molar-refractivity contribution in [1.82, 2.24) is 14.6 Å². The summed E-state index contributed by atoms with van der Waals surface area (Å²) < 4.78 is 26.9. The summed E-state index contributed by atoms with van der Waals surface area (Å²) >= 11 is 0. The number of ether oxygens (including phenoxy) is 4. The molecule has 8 heteroatoms. The summed E-state index contributed by atoms with van der Waals surface area (Å²) in [6, 6.07) is 3.92. The van der Waals surface area contributed by atoms with E-state index in [0.29, 0.717) is 25.6 Å². The minimum atomic E-state index is -0.319. The van der Waals surface area contributed by atoms with Crippen LogP contribution < -0.4 is 5.73 Å². The van der Waals surface area contributed by atoms with E-state index in [1.165, 1.54) is 6.33 Å². The van der Waals surface area contributed by atoms with E-state index in [9.17, 15) is 0 Å². The highest BCUT2D eigenvalue weighted by Crippen LogP contribution is 2.38. The van der Waals surface area contributed by atoms with Crippen LogP contribution in [0, 0.1) is 0 Å². The van der Waals surface area contributed by atoms with Crippen LogP contribution in [-0.4, -0.2) is 59.3 Å². The summed E-state index contributed by atoms with van der Waals surface area (Å²) in [5.74, 6) is 0.442. The standard InChI is InChI=1S/C23H38N4O4/c1-4-7-12-28-15-19-21(29-13-8-5-2)22(30-14-9-6-3)20(31-19)17-10-11-18-23(24)25-16-26-27(17)18/h10-11,16,19-22H,4-9,12-15H2,1-3H3,(H2,24,25,26)/t19-,20+,21-,22+/m1/s1. The molecule has 174 valence electrons. The Morgan fingerprint density at radius 2 is 1.65 bits per heavy atom. The summed E-state index contributed by atoms with van der Waals surface area (Å²) in [5.41, 5.74) is 7.70. The minimum Gasteiger partial charge on any atom is -0.382 e. The van der Waals surface area contributed by atoms with Crippen LogP contribution in [0.4, 0.5) is 5.82 Å². The molecule has 31 heavy (non-hydrogen) atoms. The average molecular weight is 435 g/mol. The van der Waals surface area contributed by atoms with Crippen molar-refractivity contribution in [1.29, 1.82) is 0 Å². The topological polar surface area (TPSA) is 93.1 Å². The number of nitrogens with two attached hydrogens (primary N) is 1. The molecule has 0 amide bonds. The van der Waals surface area contributed by atoms with E-state index >= 15 is 0 Å². The number of fused-ring (bicyclic) bond motifs is 1. The summed E-state index contributed by atoms with van der Waals surface area (Å²) in [6.45, 7) is 9.04. The first-order chi connectivity index (χ1) is 15.2. The van der Waals surface area contributed by atoms with Crippen molar-refractivity contribution in [2.45, 2.75) is 83.7 Å². The van der Waals surface area contributed by atoms with E-state index in [4.69, 9.17) is 24.7 Å². The van der Waals surface area contributed by atoms with Gasteiger partial charge >= 0.3 is 0 Å². The molecule has 0 aliphatic carbocycles. The Labute approximate surface area is 185 Å². The van der Waals surface area contributed by atoms with Gasteiger partial charge in [0, 0.05) is 19.8 Å². The third-order valence-corrected chi connectivity index (χ3v) is 5.65. The Bertz CT molecular complexity index is 784. The molecule has 0 radical (unpaired) electrons. The van der Waals surface area contributed by atoms with Gasteiger partial charge in [-0.1, -0.05) is 40.0 Å². The van der Waals surface area contributed by atoms with Crippen molar-refractivity contribution in [2.24, 2.45) is 0 Å². The zero-order valence-corrected chi connectivity index (χ0v) is 19.2. The van der Waals surface area contributed by atoms with Gasteiger partial charge in [0.05, 0.1) is 12.3 Å². The van der Waals surface area contributed by atoms with Gasteiger partial charge in [0.2, 0.25) is 0 Å². The maximum absolute atomic E-state index is 6.52. The number of rotatable bonds is 14. The Morgan fingerprint density at radius 1 is 0.968 bits per heavy atom. The molecule has 1 fully saturated rings. The predicted molar refractivity (Wildman–Crippen MR) is 120 cm³/mol. The fraction of sp³-hybridized carbons (Fsp3) is 0.739. The highest BCUT2D eigenvalue weighted by Gasteiger charge is 2.48. The highest BCUT2D eigenvalue weighted by atomic mass is 16.6. The molecule has 1 saturated heterocycles. The summed E-state index contributed by atoms with van der Waals surface area (Å²) in [6.07, 6.45) is 6.80. The second-order valence-electron chi connectivity index (χ2n) is 8.10. The van der Waals surface area contributed by atoms with Crippen molar-refractivity contribution in [3.8, 4) is 0 Å². The largest absolute Gasteiger partial charge is 0.382 e. The molecular weight excluding hydrogens is 396 g/mol. The normalized spacial score (nSPS) is 23.7. The molecule has 1 aliphatic rings. The number of aromatic nitrogens is 3. The molecule has 2 N–H and O–H groups in total. The van der Waals surface area contributed by atoms with E-state index in [2.05, 4.69) is 30.9 Å². The highest BCUT2D eigenvalue weighted by molar-refractivity contribution is 5.65. The molecule has 0 bridgehead atoms. The van der Waals surface area contributed by atoms with Crippen LogP contribution in [0.15, 0.2) is 18.5 Å². The van der Waals surface area contributed by atoms with Crippen molar-refractivity contribution >= 4 is 11.3 Å². The predicted octanol–water partition coefficient (Wildman–Crippen LogP) is 3.94. The van der Waals surface area contributed by atoms with Crippen LogP contribution >= 0.6 is 0 Å². The first-order valence-corrected chi connectivity index (χ1v) is 11.8. The number of nitrogens with zero attached hydrogens (tertiary/aromatic N) is 3. The van der Waals surface area contributed by atoms with Gasteiger partial charge in [-0.05, 0) is 31.4 Å². The van der Waals surface area contributed by atoms with Crippen LogP contribution in [-0.2, 0) is 18.9 Å². The van der Waals surface area contributed by atoms with Crippen LogP contribution in [0.5, 0.6) is 0 Å². The van der Waals surface area contributed by atoms with E-state index in [0.717, 1.165) is 56.3 Å². The SMILES string of the molecule is CCCCOC[C@H]1O[C@@H](c2ccc3c(N)ncnn23)[C@H](OCCCC)[C@@H]1OCCCC. The Morgan fingerprint density at radius 3 is 2.35 bits per heavy atom. The smallest absolute Gasteiger partial charge is 0.151 e. The van der Waals surface area contributed by atoms with E-state index in [1.54, 1.807) is 4.52 Å². The number of unbranched alkanes of at least 4 members (excludes halogenated alkanes) is 3. The van der Waals surface area contributed by atoms with Gasteiger partial charge in [-0.3, -0.25) is 0 Å². The van der Waals surface area contributed by atoms with Crippen LogP contribution in [0.1, 0.15) is 71.1 Å². The van der Waals surface area contributed by atoms with Gasteiger partial charge in [-0.15, -0.1) is 0 Å². The van der Waals surface area contributed by atoms with Crippen LogP contribution in [0.25, 0.3) is 5.52 Å². The van der Waals surface area contributed by atoms with Crippen LogP contribution in [0.3, 0.4) is 0 Å². The number of nitrogen functional groups attached to an aromatic ring is 1. The maximum Gasteiger partial charge on any atom is 0.151 e. The molecular formula is C23H38N4O4. The maximum atomic E-state index is 6.52. The third-order valence-electron chi connectivity index (χ3n) is 5.65. The van der Waals surface area contributed by atoms with Gasteiger partial charge in [0.25, 0.3) is 0 Å². The second kappa shape index (κ2) is 12.3. The molecule has 0 saturated carbocycles. The monoisotopic (exact) mass is 434 g/mol. The van der Waals surface area contributed by atoms with Crippen molar-refractivity contribution in [3.05, 3.63) is 24.2 Å². The van der Waals surface area contributed by atoms with Gasteiger partial charge in [0.1, 0.15) is 36.3 Å². The lowest BCUT2D eigenvalue weighted by Crippen LogP contribution is -2.38. The quantitative estimate of drug-likeness (QED) is 0.450. The molecule has 0 spiro atoms. The molecule has 4 atom stereocenters. The van der Waals surface area contributed by atoms with Crippen molar-refractivity contribution in [2.75, 3.05) is 32.2 Å². The second-order valence-corrected chi connectivity index (χ2v) is 8.10. The lowest BCUT2D eigenvalue weighted by Gasteiger charge is -2.25. The molecule has 0 aromatic carbocycles. The first-order valence-electron chi connectivity index (χ1n) is 11.8. The summed E-state index contributed by atoms with van der Waals surface area (Å²) in [4.78, 5) is 4.09. The van der Waals surface area contributed by atoms with E-state index < -0.39 is 0 Å². The molecule has 2 aromatic rings. The van der Waals surface area contributed by atoms with Gasteiger partial charge in [-0.25, -0.2) is 9.50 Å². The van der Waals surface area contributed by atoms with Crippen molar-refractivity contribution < 1.29 is 18.9 Å². The molecule has 3 heterocycles. The van der Waals surface area contributed by atoms with Gasteiger partial charge in [-0.2, -0.15) is 5.10 Å². The van der Waals surface area contributed by atoms with Gasteiger partial charge < -0.3 is 24.7 Å². The lowest BCUT2D eigenvalue weighted by molar-refractivity contribution is -0.0795. The Kier molecular flexibility index (Phi) is 9.52. The van der Waals surface area contributed by atoms with E-state index in [-0.39, 0.29) is 24.4 Å². The average Bonchev–Trinajstić information content (AvgIpc) is 3.34. The molecule has 3 rings (SSSR count). The summed E-state index contributed by atoms with van der Waals surface area (Å²) in [7, 11) is 0. The molecule has 2 aromatic heterocycles. The Balaban J connectivity index is 1.85. The number of anilines is 1. The number of hydrogen-bond donors (Lipinski definition) is 1. The summed E-state index contributed by atoms with van der Waals surface area (Å²) in [5, 5.41) is 4.41. The third kappa shape index (κ3) is 5.94. The fourth-order valence-electron chi connectivity index (χ4n) is 3.85. The fourth-order valence-corrected chi connectivity index (χ4v) is 3.85. The van der Waals surface area contributed by atoms with E-state index in [1.807, 2.05) is 12.1 Å².